The first-order chi connectivity index (χ1) is 7.00. The zero-order valence-corrected chi connectivity index (χ0v) is 8.10. The maximum atomic E-state index is 11.4. The lowest BCUT2D eigenvalue weighted by atomic mass is 10.2. The van der Waals surface area contributed by atoms with Crippen LogP contribution in [0, 0.1) is 0 Å². The molecule has 5 heteroatoms. The fraction of sp³-hybridized carbons (Fsp3) is 0.200. The van der Waals surface area contributed by atoms with Crippen LogP contribution in [0.15, 0.2) is 24.3 Å². The first-order valence-electron chi connectivity index (χ1n) is 4.33. The minimum Gasteiger partial charge on any atom is -0.508 e. The highest BCUT2D eigenvalue weighted by molar-refractivity contribution is 5.96. The van der Waals surface area contributed by atoms with Gasteiger partial charge in [0.15, 0.2) is 0 Å². The van der Waals surface area contributed by atoms with Crippen LogP contribution in [0.2, 0.25) is 0 Å². The molecule has 1 amide bonds. The van der Waals surface area contributed by atoms with Gasteiger partial charge in [-0.05, 0) is 31.2 Å². The Kier molecular flexibility index (Phi) is 3.28. The van der Waals surface area contributed by atoms with E-state index in [9.17, 15) is 9.59 Å². The second kappa shape index (κ2) is 4.45. The highest BCUT2D eigenvalue weighted by Gasteiger charge is 2.14. The van der Waals surface area contributed by atoms with Gasteiger partial charge in [0.05, 0.1) is 0 Å². The van der Waals surface area contributed by atoms with Gasteiger partial charge in [-0.15, -0.1) is 0 Å². The van der Waals surface area contributed by atoms with Crippen LogP contribution in [0.3, 0.4) is 0 Å². The maximum absolute atomic E-state index is 11.4. The van der Waals surface area contributed by atoms with Crippen LogP contribution in [-0.2, 0) is 4.79 Å². The number of phenolic OH excluding ortho intramolecular Hbond substituents is 1. The van der Waals surface area contributed by atoms with Gasteiger partial charge in [0.1, 0.15) is 11.8 Å². The molecule has 0 aromatic heterocycles. The summed E-state index contributed by atoms with van der Waals surface area (Å²) >= 11 is 0. The molecular formula is C10H11NO4. The standard InChI is InChI=1S/C10H11NO4/c1-6(10(14)15)11-9(13)7-2-4-8(12)5-3-7/h2-6,12H,1H3,(H,11,13)(H,14,15)/t6-/m0/s1. The van der Waals surface area contributed by atoms with Crippen LogP contribution in [0.25, 0.3) is 0 Å². The number of carbonyl (C=O) groups excluding carboxylic acids is 1. The minimum absolute atomic E-state index is 0.0535. The molecule has 0 radical (unpaired) electrons. The molecule has 5 nitrogen and oxygen atoms in total. The van der Waals surface area contributed by atoms with Crippen molar-refractivity contribution in [3.63, 3.8) is 0 Å². The molecule has 0 unspecified atom stereocenters. The van der Waals surface area contributed by atoms with Gasteiger partial charge in [0, 0.05) is 5.56 Å². The van der Waals surface area contributed by atoms with Crippen molar-refractivity contribution in [2.75, 3.05) is 0 Å². The first-order valence-corrected chi connectivity index (χ1v) is 4.33. The summed E-state index contributed by atoms with van der Waals surface area (Å²) < 4.78 is 0. The van der Waals surface area contributed by atoms with Gasteiger partial charge in [-0.3, -0.25) is 9.59 Å². The molecule has 0 heterocycles. The number of hydrogen-bond acceptors (Lipinski definition) is 3. The van der Waals surface area contributed by atoms with Gasteiger partial charge in [-0.1, -0.05) is 0 Å². The highest BCUT2D eigenvalue weighted by atomic mass is 16.4. The monoisotopic (exact) mass is 209 g/mol. The predicted octanol–water partition coefficient (Wildman–Crippen LogP) is 0.595. The van der Waals surface area contributed by atoms with Crippen molar-refractivity contribution in [3.05, 3.63) is 29.8 Å². The minimum atomic E-state index is -1.10. The van der Waals surface area contributed by atoms with Crippen LogP contribution in [0.5, 0.6) is 5.75 Å². The molecule has 0 saturated carbocycles. The van der Waals surface area contributed by atoms with Gasteiger partial charge in [0.2, 0.25) is 0 Å². The van der Waals surface area contributed by atoms with Gasteiger partial charge < -0.3 is 15.5 Å². The molecule has 0 aliphatic carbocycles. The number of benzene rings is 1. The molecule has 0 aliphatic rings. The van der Waals surface area contributed by atoms with Crippen LogP contribution in [-0.4, -0.2) is 28.1 Å². The van der Waals surface area contributed by atoms with Crippen molar-refractivity contribution >= 4 is 11.9 Å². The Morgan fingerprint density at radius 2 is 1.80 bits per heavy atom. The van der Waals surface area contributed by atoms with Crippen LogP contribution in [0.1, 0.15) is 17.3 Å². The maximum Gasteiger partial charge on any atom is 0.325 e. The van der Waals surface area contributed by atoms with Crippen molar-refractivity contribution in [3.8, 4) is 5.75 Å². The van der Waals surface area contributed by atoms with E-state index in [0.717, 1.165) is 0 Å². The second-order valence-electron chi connectivity index (χ2n) is 3.08. The number of aliphatic carboxylic acids is 1. The van der Waals surface area contributed by atoms with Gasteiger partial charge in [0.25, 0.3) is 5.91 Å². The third-order valence-electron chi connectivity index (χ3n) is 1.85. The number of carboxylic acid groups (broad SMARTS) is 1. The van der Waals surface area contributed by atoms with E-state index < -0.39 is 17.9 Å². The van der Waals surface area contributed by atoms with E-state index in [1.807, 2.05) is 0 Å². The third-order valence-corrected chi connectivity index (χ3v) is 1.85. The normalized spacial score (nSPS) is 11.8. The Hall–Kier alpha value is -2.04. The highest BCUT2D eigenvalue weighted by Crippen LogP contribution is 2.09. The summed E-state index contributed by atoms with van der Waals surface area (Å²) in [5.41, 5.74) is 0.306. The number of amides is 1. The fourth-order valence-corrected chi connectivity index (χ4v) is 0.955. The van der Waals surface area contributed by atoms with Crippen molar-refractivity contribution < 1.29 is 19.8 Å². The molecule has 80 valence electrons. The topological polar surface area (TPSA) is 86.6 Å². The molecule has 1 atom stereocenters. The summed E-state index contributed by atoms with van der Waals surface area (Å²) in [4.78, 5) is 21.9. The lowest BCUT2D eigenvalue weighted by molar-refractivity contribution is -0.138. The Balaban J connectivity index is 2.69. The largest absolute Gasteiger partial charge is 0.508 e. The number of carbonyl (C=O) groups is 2. The van der Waals surface area contributed by atoms with Crippen LogP contribution >= 0.6 is 0 Å². The number of carboxylic acids is 1. The summed E-state index contributed by atoms with van der Waals surface area (Å²) in [6.45, 7) is 1.38. The fourth-order valence-electron chi connectivity index (χ4n) is 0.955. The van der Waals surface area contributed by atoms with Crippen LogP contribution < -0.4 is 5.32 Å². The van der Waals surface area contributed by atoms with E-state index in [-0.39, 0.29) is 5.75 Å². The molecule has 15 heavy (non-hydrogen) atoms. The molecular weight excluding hydrogens is 198 g/mol. The number of hydrogen-bond donors (Lipinski definition) is 3. The SMILES string of the molecule is C[C@H](NC(=O)c1ccc(O)cc1)C(=O)O. The van der Waals surface area contributed by atoms with E-state index in [0.29, 0.717) is 5.56 Å². The summed E-state index contributed by atoms with van der Waals surface area (Å²) in [5.74, 6) is -1.52. The van der Waals surface area contributed by atoms with Crippen molar-refractivity contribution in [2.24, 2.45) is 0 Å². The molecule has 0 spiro atoms. The van der Waals surface area contributed by atoms with E-state index >= 15 is 0 Å². The lowest BCUT2D eigenvalue weighted by Crippen LogP contribution is -2.38. The molecule has 0 aliphatic heterocycles. The Morgan fingerprint density at radius 3 is 2.27 bits per heavy atom. The molecule has 0 fully saturated rings. The quantitative estimate of drug-likeness (QED) is 0.680. The van der Waals surface area contributed by atoms with Crippen molar-refractivity contribution in [2.45, 2.75) is 13.0 Å². The van der Waals surface area contributed by atoms with Crippen molar-refractivity contribution in [1.29, 1.82) is 0 Å². The zero-order valence-electron chi connectivity index (χ0n) is 8.10. The number of rotatable bonds is 3. The van der Waals surface area contributed by atoms with Crippen molar-refractivity contribution in [1.82, 2.24) is 5.32 Å². The van der Waals surface area contributed by atoms with E-state index in [2.05, 4.69) is 5.32 Å². The number of aromatic hydroxyl groups is 1. The molecule has 0 bridgehead atoms. The van der Waals surface area contributed by atoms with Gasteiger partial charge >= 0.3 is 5.97 Å². The Bertz CT molecular complexity index is 372. The lowest BCUT2D eigenvalue weighted by Gasteiger charge is -2.08. The summed E-state index contributed by atoms with van der Waals surface area (Å²) in [6.07, 6.45) is 0. The predicted molar refractivity (Wildman–Crippen MR) is 52.7 cm³/mol. The molecule has 3 N–H and O–H groups in total. The molecule has 1 aromatic rings. The Labute approximate surface area is 86.4 Å². The first kappa shape index (κ1) is 11.0. The van der Waals surface area contributed by atoms with E-state index in [1.165, 1.54) is 31.2 Å². The van der Waals surface area contributed by atoms with Gasteiger partial charge in [-0.2, -0.15) is 0 Å². The zero-order chi connectivity index (χ0) is 11.4. The average molecular weight is 209 g/mol. The van der Waals surface area contributed by atoms with E-state index in [4.69, 9.17) is 10.2 Å². The third kappa shape index (κ3) is 2.98. The second-order valence-corrected chi connectivity index (χ2v) is 3.08. The number of nitrogens with one attached hydrogen (secondary N) is 1. The summed E-state index contributed by atoms with van der Waals surface area (Å²) in [5, 5.41) is 19.8. The summed E-state index contributed by atoms with van der Waals surface area (Å²) in [6, 6.07) is 4.62. The molecule has 0 saturated heterocycles. The molecule has 1 aromatic carbocycles. The number of phenols is 1. The van der Waals surface area contributed by atoms with Gasteiger partial charge in [-0.25, -0.2) is 0 Å². The Morgan fingerprint density at radius 1 is 1.27 bits per heavy atom. The van der Waals surface area contributed by atoms with Crippen LogP contribution in [0.4, 0.5) is 0 Å². The smallest absolute Gasteiger partial charge is 0.325 e. The van der Waals surface area contributed by atoms with E-state index in [1.54, 1.807) is 0 Å². The average Bonchev–Trinajstić information content (AvgIpc) is 2.18. The molecule has 1 rings (SSSR count). The summed E-state index contributed by atoms with van der Waals surface area (Å²) in [7, 11) is 0.